The topological polar surface area (TPSA) is 70.2 Å². The molecule has 27 heavy (non-hydrogen) atoms. The maximum Gasteiger partial charge on any atom is 0.243 e. The first-order valence-corrected chi connectivity index (χ1v) is 9.31. The van der Waals surface area contributed by atoms with Gasteiger partial charge in [0, 0.05) is 12.6 Å². The molecule has 0 aromatic heterocycles. The Kier molecular flexibility index (Phi) is 7.63. The van der Waals surface area contributed by atoms with Crippen LogP contribution in [0.1, 0.15) is 25.8 Å². The maximum atomic E-state index is 12.5. The van der Waals surface area contributed by atoms with Crippen LogP contribution in [0.15, 0.2) is 42.5 Å². The SMILES string of the molecule is CC(C)C(NC(=O)Cc1ccc2ccccc2c1)C(=O)NC1CCNC1.Cl. The molecule has 146 valence electrons. The number of halogens is 1. The van der Waals surface area contributed by atoms with Gasteiger partial charge in [0.15, 0.2) is 0 Å². The summed E-state index contributed by atoms with van der Waals surface area (Å²) in [6, 6.07) is 13.7. The van der Waals surface area contributed by atoms with E-state index < -0.39 is 6.04 Å². The molecule has 3 rings (SSSR count). The number of carbonyl (C=O) groups is 2. The Bertz CT molecular complexity index is 788. The number of rotatable bonds is 6. The van der Waals surface area contributed by atoms with E-state index in [1.165, 1.54) is 0 Å². The van der Waals surface area contributed by atoms with E-state index in [1.54, 1.807) is 0 Å². The van der Waals surface area contributed by atoms with Crippen molar-refractivity contribution in [3.05, 3.63) is 48.0 Å². The van der Waals surface area contributed by atoms with E-state index in [4.69, 9.17) is 0 Å². The third-order valence-corrected chi connectivity index (χ3v) is 4.85. The third kappa shape index (κ3) is 5.68. The molecule has 3 N–H and O–H groups in total. The Morgan fingerprint density at radius 1 is 1.15 bits per heavy atom. The van der Waals surface area contributed by atoms with Crippen molar-refractivity contribution >= 4 is 35.0 Å². The zero-order chi connectivity index (χ0) is 18.5. The number of hydrogen-bond donors (Lipinski definition) is 3. The summed E-state index contributed by atoms with van der Waals surface area (Å²) in [6.07, 6.45) is 1.20. The molecule has 2 aromatic carbocycles. The van der Waals surface area contributed by atoms with Crippen LogP contribution in [0.5, 0.6) is 0 Å². The Hall–Kier alpha value is -2.11. The van der Waals surface area contributed by atoms with E-state index in [0.717, 1.165) is 35.8 Å². The highest BCUT2D eigenvalue weighted by atomic mass is 35.5. The van der Waals surface area contributed by atoms with Crippen LogP contribution in [-0.2, 0) is 16.0 Å². The number of fused-ring (bicyclic) bond motifs is 1. The highest BCUT2D eigenvalue weighted by Crippen LogP contribution is 2.16. The molecule has 0 bridgehead atoms. The first-order valence-electron chi connectivity index (χ1n) is 9.31. The molecule has 2 aromatic rings. The predicted octanol–water partition coefficient (Wildman–Crippen LogP) is 2.42. The first-order chi connectivity index (χ1) is 12.5. The molecule has 0 radical (unpaired) electrons. The predicted molar refractivity (Wildman–Crippen MR) is 111 cm³/mol. The van der Waals surface area contributed by atoms with Gasteiger partial charge in [0.1, 0.15) is 6.04 Å². The number of hydrogen-bond acceptors (Lipinski definition) is 3. The fourth-order valence-corrected chi connectivity index (χ4v) is 3.36. The number of carbonyl (C=O) groups excluding carboxylic acids is 2. The van der Waals surface area contributed by atoms with Crippen LogP contribution in [0.25, 0.3) is 10.8 Å². The third-order valence-electron chi connectivity index (χ3n) is 4.85. The fourth-order valence-electron chi connectivity index (χ4n) is 3.36. The van der Waals surface area contributed by atoms with Crippen molar-refractivity contribution in [3.8, 4) is 0 Å². The molecular weight excluding hydrogens is 362 g/mol. The van der Waals surface area contributed by atoms with Gasteiger partial charge in [-0.05, 0) is 35.2 Å². The molecular formula is C21H28ClN3O2. The van der Waals surface area contributed by atoms with E-state index in [-0.39, 0.29) is 42.6 Å². The van der Waals surface area contributed by atoms with Crippen molar-refractivity contribution < 1.29 is 9.59 Å². The Morgan fingerprint density at radius 2 is 1.89 bits per heavy atom. The van der Waals surface area contributed by atoms with Crippen LogP contribution in [-0.4, -0.2) is 37.0 Å². The average Bonchev–Trinajstić information content (AvgIpc) is 3.12. The normalized spacial score (nSPS) is 17.4. The molecule has 2 amide bonds. The molecule has 0 spiro atoms. The van der Waals surface area contributed by atoms with E-state index in [1.807, 2.05) is 50.2 Å². The average molecular weight is 390 g/mol. The molecule has 1 aliphatic rings. The Labute approximate surface area is 166 Å². The molecule has 2 unspecified atom stereocenters. The minimum Gasteiger partial charge on any atom is -0.350 e. The minimum atomic E-state index is -0.511. The lowest BCUT2D eigenvalue weighted by Gasteiger charge is -2.23. The van der Waals surface area contributed by atoms with E-state index in [0.29, 0.717) is 0 Å². The van der Waals surface area contributed by atoms with Gasteiger partial charge in [0.05, 0.1) is 6.42 Å². The second-order valence-electron chi connectivity index (χ2n) is 7.35. The summed E-state index contributed by atoms with van der Waals surface area (Å²) >= 11 is 0. The maximum absolute atomic E-state index is 12.5. The summed E-state index contributed by atoms with van der Waals surface area (Å²) in [5, 5.41) is 11.5. The van der Waals surface area contributed by atoms with Crippen molar-refractivity contribution in [2.45, 2.75) is 38.8 Å². The minimum absolute atomic E-state index is 0. The zero-order valence-electron chi connectivity index (χ0n) is 15.8. The lowest BCUT2D eigenvalue weighted by Crippen LogP contribution is -2.52. The summed E-state index contributed by atoms with van der Waals surface area (Å²) in [6.45, 7) is 5.62. The second kappa shape index (κ2) is 9.72. The van der Waals surface area contributed by atoms with Crippen molar-refractivity contribution in [1.82, 2.24) is 16.0 Å². The number of nitrogens with one attached hydrogen (secondary N) is 3. The lowest BCUT2D eigenvalue weighted by molar-refractivity contribution is -0.130. The van der Waals surface area contributed by atoms with Crippen molar-refractivity contribution in [2.75, 3.05) is 13.1 Å². The summed E-state index contributed by atoms with van der Waals surface area (Å²) in [7, 11) is 0. The van der Waals surface area contributed by atoms with Gasteiger partial charge < -0.3 is 16.0 Å². The molecule has 5 nitrogen and oxygen atoms in total. The van der Waals surface area contributed by atoms with Gasteiger partial charge in [-0.15, -0.1) is 12.4 Å². The highest BCUT2D eigenvalue weighted by Gasteiger charge is 2.27. The van der Waals surface area contributed by atoms with Gasteiger partial charge >= 0.3 is 0 Å². The van der Waals surface area contributed by atoms with Crippen molar-refractivity contribution in [3.63, 3.8) is 0 Å². The molecule has 1 saturated heterocycles. The van der Waals surface area contributed by atoms with Gasteiger partial charge in [0.2, 0.25) is 11.8 Å². The Morgan fingerprint density at radius 3 is 2.56 bits per heavy atom. The number of benzene rings is 2. The van der Waals surface area contributed by atoms with Gasteiger partial charge in [0.25, 0.3) is 0 Å². The summed E-state index contributed by atoms with van der Waals surface area (Å²) in [5.74, 6) is -0.191. The zero-order valence-corrected chi connectivity index (χ0v) is 16.6. The summed E-state index contributed by atoms with van der Waals surface area (Å²) in [5.41, 5.74) is 0.948. The molecule has 6 heteroatoms. The van der Waals surface area contributed by atoms with Crippen LogP contribution < -0.4 is 16.0 Å². The van der Waals surface area contributed by atoms with E-state index in [2.05, 4.69) is 22.0 Å². The van der Waals surface area contributed by atoms with Crippen LogP contribution in [0.2, 0.25) is 0 Å². The molecule has 0 aliphatic carbocycles. The van der Waals surface area contributed by atoms with Gasteiger partial charge in [-0.2, -0.15) is 0 Å². The smallest absolute Gasteiger partial charge is 0.243 e. The summed E-state index contributed by atoms with van der Waals surface area (Å²) < 4.78 is 0. The van der Waals surface area contributed by atoms with E-state index >= 15 is 0 Å². The monoisotopic (exact) mass is 389 g/mol. The van der Waals surface area contributed by atoms with Crippen LogP contribution in [0.4, 0.5) is 0 Å². The Balaban J connectivity index is 0.00000261. The lowest BCUT2D eigenvalue weighted by atomic mass is 10.0. The molecule has 1 heterocycles. The second-order valence-corrected chi connectivity index (χ2v) is 7.35. The molecule has 1 aliphatic heterocycles. The standard InChI is InChI=1S/C21H27N3O2.ClH/c1-14(2)20(21(26)23-18-9-10-22-13-18)24-19(25)12-15-7-8-16-5-3-4-6-17(16)11-15;/h3-8,11,14,18,20,22H,9-10,12-13H2,1-2H3,(H,23,26)(H,24,25);1H. The van der Waals surface area contributed by atoms with Gasteiger partial charge in [-0.3, -0.25) is 9.59 Å². The van der Waals surface area contributed by atoms with E-state index in [9.17, 15) is 9.59 Å². The molecule has 1 fully saturated rings. The van der Waals surface area contributed by atoms with Gasteiger partial charge in [-0.25, -0.2) is 0 Å². The first kappa shape index (κ1) is 21.2. The van der Waals surface area contributed by atoms with Gasteiger partial charge in [-0.1, -0.05) is 56.3 Å². The summed E-state index contributed by atoms with van der Waals surface area (Å²) in [4.78, 5) is 25.1. The van der Waals surface area contributed by atoms with Crippen LogP contribution in [0, 0.1) is 5.92 Å². The van der Waals surface area contributed by atoms with Crippen LogP contribution in [0.3, 0.4) is 0 Å². The van der Waals surface area contributed by atoms with Crippen LogP contribution >= 0.6 is 12.4 Å². The van der Waals surface area contributed by atoms with Crippen molar-refractivity contribution in [1.29, 1.82) is 0 Å². The largest absolute Gasteiger partial charge is 0.350 e. The highest BCUT2D eigenvalue weighted by molar-refractivity contribution is 5.90. The fraction of sp³-hybridized carbons (Fsp3) is 0.429. The number of amides is 2. The quantitative estimate of drug-likeness (QED) is 0.710. The molecule has 2 atom stereocenters. The van der Waals surface area contributed by atoms with Crippen molar-refractivity contribution in [2.24, 2.45) is 5.92 Å². The molecule has 0 saturated carbocycles.